The first-order valence-corrected chi connectivity index (χ1v) is 14.1. The van der Waals surface area contributed by atoms with Crippen LogP contribution in [-0.2, 0) is 9.84 Å². The number of nitrogens with two attached hydrogens (primary N) is 1. The molecule has 0 aliphatic carbocycles. The number of amides is 1. The van der Waals surface area contributed by atoms with Crippen LogP contribution in [0.1, 0.15) is 28.8 Å². The molecule has 2 aromatic heterocycles. The highest BCUT2D eigenvalue weighted by Gasteiger charge is 2.24. The molecule has 3 N–H and O–H groups in total. The Morgan fingerprint density at radius 2 is 1.89 bits per heavy atom. The molecule has 192 valence electrons. The van der Waals surface area contributed by atoms with Crippen LogP contribution in [0.4, 0.5) is 5.69 Å². The fraction of sp³-hybridized carbons (Fsp3) is 0.269. The van der Waals surface area contributed by atoms with Gasteiger partial charge in [0.05, 0.1) is 29.1 Å². The first-order valence-electron chi connectivity index (χ1n) is 11.9. The zero-order chi connectivity index (χ0) is 26.2. The molecule has 37 heavy (non-hydrogen) atoms. The van der Waals surface area contributed by atoms with Gasteiger partial charge in [-0.15, -0.1) is 5.10 Å². The van der Waals surface area contributed by atoms with E-state index in [-0.39, 0.29) is 17.4 Å². The number of sulfone groups is 1. The van der Waals surface area contributed by atoms with Crippen molar-refractivity contribution in [2.75, 3.05) is 23.4 Å². The second-order valence-electron chi connectivity index (χ2n) is 9.20. The summed E-state index contributed by atoms with van der Waals surface area (Å²) >= 11 is 6.01. The quantitative estimate of drug-likeness (QED) is 0.354. The largest absolute Gasteiger partial charge is 0.438 e. The number of nitrogens with zero attached hydrogens (tertiary/aromatic N) is 3. The number of carbonyl (C=O) groups excluding carboxylic acids is 1. The summed E-state index contributed by atoms with van der Waals surface area (Å²) in [4.78, 5) is 16.3. The standard InChI is InChI=1S/C26H26ClN5O4S/c1-16-12-18(2-7-21(16)25(28)33)23-15-30-26-22(29-14-17-8-10-37(34,35)11-9-17)13-24(31-32(23)26)36-20-5-3-19(27)4-6-20/h2-7,12-13,15,17,29H,8-11,14H2,1H3,(H2,28,33). The van der Waals surface area contributed by atoms with Gasteiger partial charge in [0.25, 0.3) is 0 Å². The normalized spacial score (nSPS) is 15.5. The molecule has 0 bridgehead atoms. The van der Waals surface area contributed by atoms with Crippen LogP contribution >= 0.6 is 11.6 Å². The fourth-order valence-electron chi connectivity index (χ4n) is 4.44. The summed E-state index contributed by atoms with van der Waals surface area (Å²) in [5, 5.41) is 8.72. The van der Waals surface area contributed by atoms with Crippen molar-refractivity contribution in [2.24, 2.45) is 11.7 Å². The molecule has 3 heterocycles. The maximum absolute atomic E-state index is 11.8. The Morgan fingerprint density at radius 3 is 2.57 bits per heavy atom. The number of carbonyl (C=O) groups is 1. The van der Waals surface area contributed by atoms with Gasteiger partial charge in [0, 0.05) is 28.8 Å². The van der Waals surface area contributed by atoms with Crippen molar-refractivity contribution in [3.8, 4) is 22.9 Å². The molecule has 1 saturated heterocycles. The maximum atomic E-state index is 11.8. The Kier molecular flexibility index (Phi) is 6.78. The van der Waals surface area contributed by atoms with E-state index in [4.69, 9.17) is 22.1 Å². The first kappa shape index (κ1) is 25.0. The van der Waals surface area contributed by atoms with Gasteiger partial charge in [-0.2, -0.15) is 0 Å². The Hall–Kier alpha value is -3.63. The van der Waals surface area contributed by atoms with Crippen molar-refractivity contribution in [3.05, 3.63) is 70.9 Å². The minimum Gasteiger partial charge on any atom is -0.438 e. The summed E-state index contributed by atoms with van der Waals surface area (Å²) in [5.74, 6) is 1.09. The Labute approximate surface area is 219 Å². The van der Waals surface area contributed by atoms with Gasteiger partial charge in [-0.05, 0) is 67.6 Å². The average molecular weight is 540 g/mol. The lowest BCUT2D eigenvalue weighted by molar-refractivity contribution is 0.0999. The molecule has 4 aromatic rings. The molecule has 0 saturated carbocycles. The SMILES string of the molecule is Cc1cc(-c2cnc3c(NCC4CCS(=O)(=O)CC4)cc(Oc4ccc(Cl)cc4)nn23)ccc1C(N)=O. The van der Waals surface area contributed by atoms with Crippen LogP contribution in [0.3, 0.4) is 0 Å². The molecular weight excluding hydrogens is 514 g/mol. The first-order chi connectivity index (χ1) is 17.7. The molecule has 1 aliphatic rings. The molecule has 0 atom stereocenters. The maximum Gasteiger partial charge on any atom is 0.248 e. The Morgan fingerprint density at radius 1 is 1.16 bits per heavy atom. The van der Waals surface area contributed by atoms with E-state index >= 15 is 0 Å². The second kappa shape index (κ2) is 10.0. The van der Waals surface area contributed by atoms with Crippen molar-refractivity contribution >= 4 is 38.7 Å². The van der Waals surface area contributed by atoms with E-state index in [0.717, 1.165) is 11.1 Å². The lowest BCUT2D eigenvalue weighted by Gasteiger charge is -2.22. The molecular formula is C26H26ClN5O4S. The van der Waals surface area contributed by atoms with E-state index in [1.54, 1.807) is 53.2 Å². The molecule has 5 rings (SSSR count). The number of halogens is 1. The number of hydrogen-bond acceptors (Lipinski definition) is 7. The molecule has 0 radical (unpaired) electrons. The van der Waals surface area contributed by atoms with Crippen molar-refractivity contribution in [2.45, 2.75) is 19.8 Å². The number of primary amides is 1. The molecule has 2 aromatic carbocycles. The smallest absolute Gasteiger partial charge is 0.248 e. The van der Waals surface area contributed by atoms with Gasteiger partial charge in [0.15, 0.2) is 5.65 Å². The summed E-state index contributed by atoms with van der Waals surface area (Å²) in [7, 11) is -2.93. The van der Waals surface area contributed by atoms with Crippen molar-refractivity contribution in [3.63, 3.8) is 0 Å². The van der Waals surface area contributed by atoms with Crippen LogP contribution in [0.5, 0.6) is 11.6 Å². The third-order valence-corrected chi connectivity index (χ3v) is 8.49. The van der Waals surface area contributed by atoms with Crippen LogP contribution in [0.25, 0.3) is 16.9 Å². The number of benzene rings is 2. The van der Waals surface area contributed by atoms with Gasteiger partial charge < -0.3 is 15.8 Å². The van der Waals surface area contributed by atoms with E-state index in [1.165, 1.54) is 0 Å². The second-order valence-corrected chi connectivity index (χ2v) is 11.9. The predicted octanol–water partition coefficient (Wildman–Crippen LogP) is 4.49. The highest BCUT2D eigenvalue weighted by atomic mass is 35.5. The lowest BCUT2D eigenvalue weighted by atomic mass is 10.0. The van der Waals surface area contributed by atoms with E-state index in [2.05, 4.69) is 15.4 Å². The van der Waals surface area contributed by atoms with E-state index < -0.39 is 15.7 Å². The van der Waals surface area contributed by atoms with Gasteiger partial charge in [0.1, 0.15) is 15.6 Å². The van der Waals surface area contributed by atoms with Gasteiger partial charge in [0.2, 0.25) is 11.8 Å². The third-order valence-electron chi connectivity index (χ3n) is 6.52. The number of ether oxygens (including phenoxy) is 1. The molecule has 0 spiro atoms. The minimum absolute atomic E-state index is 0.213. The molecule has 0 unspecified atom stereocenters. The van der Waals surface area contributed by atoms with Crippen molar-refractivity contribution in [1.82, 2.24) is 14.6 Å². The van der Waals surface area contributed by atoms with Gasteiger partial charge in [-0.25, -0.2) is 17.9 Å². The molecule has 9 nitrogen and oxygen atoms in total. The highest BCUT2D eigenvalue weighted by Crippen LogP contribution is 2.31. The topological polar surface area (TPSA) is 129 Å². The molecule has 1 aliphatic heterocycles. The van der Waals surface area contributed by atoms with Crippen LogP contribution < -0.4 is 15.8 Å². The Bertz CT molecular complexity index is 1570. The number of aromatic nitrogens is 3. The van der Waals surface area contributed by atoms with E-state index in [1.807, 2.05) is 13.0 Å². The summed E-state index contributed by atoms with van der Waals surface area (Å²) in [5.41, 5.74) is 9.51. The molecule has 1 fully saturated rings. The number of fused-ring (bicyclic) bond motifs is 1. The van der Waals surface area contributed by atoms with Crippen molar-refractivity contribution < 1.29 is 17.9 Å². The molecule has 1 amide bonds. The summed E-state index contributed by atoms with van der Waals surface area (Å²) < 4.78 is 31.4. The van der Waals surface area contributed by atoms with Crippen LogP contribution in [0.2, 0.25) is 5.02 Å². The number of rotatable bonds is 7. The fourth-order valence-corrected chi connectivity index (χ4v) is 6.16. The van der Waals surface area contributed by atoms with Crippen LogP contribution in [0.15, 0.2) is 54.7 Å². The average Bonchev–Trinajstić information content (AvgIpc) is 3.28. The summed E-state index contributed by atoms with van der Waals surface area (Å²) in [6.45, 7) is 2.43. The Balaban J connectivity index is 1.51. The number of anilines is 1. The van der Waals surface area contributed by atoms with Gasteiger partial charge in [-0.3, -0.25) is 4.79 Å². The summed E-state index contributed by atoms with van der Waals surface area (Å²) in [6, 6.07) is 14.1. The number of hydrogen-bond donors (Lipinski definition) is 2. The monoisotopic (exact) mass is 539 g/mol. The van der Waals surface area contributed by atoms with Gasteiger partial charge >= 0.3 is 0 Å². The van der Waals surface area contributed by atoms with E-state index in [0.29, 0.717) is 58.6 Å². The minimum atomic E-state index is -2.93. The van der Waals surface area contributed by atoms with Crippen LogP contribution in [0, 0.1) is 12.8 Å². The predicted molar refractivity (Wildman–Crippen MR) is 143 cm³/mol. The van der Waals surface area contributed by atoms with Crippen LogP contribution in [-0.4, -0.2) is 47.0 Å². The van der Waals surface area contributed by atoms with E-state index in [9.17, 15) is 13.2 Å². The lowest BCUT2D eigenvalue weighted by Crippen LogP contribution is -2.27. The number of imidazole rings is 1. The van der Waals surface area contributed by atoms with Gasteiger partial charge in [-0.1, -0.05) is 17.7 Å². The highest BCUT2D eigenvalue weighted by molar-refractivity contribution is 7.91. The van der Waals surface area contributed by atoms with Crippen molar-refractivity contribution in [1.29, 1.82) is 0 Å². The summed E-state index contributed by atoms with van der Waals surface area (Å²) in [6.07, 6.45) is 2.96. The zero-order valence-electron chi connectivity index (χ0n) is 20.1. The number of nitrogens with one attached hydrogen (secondary N) is 1. The molecule has 11 heteroatoms. The number of aryl methyl sites for hydroxylation is 1. The zero-order valence-corrected chi connectivity index (χ0v) is 21.7. The third kappa shape index (κ3) is 5.55.